The summed E-state index contributed by atoms with van der Waals surface area (Å²) in [6.45, 7) is 1.81. The Labute approximate surface area is 192 Å². The molecule has 2 amide bonds. The van der Waals surface area contributed by atoms with Crippen molar-refractivity contribution in [2.24, 2.45) is 5.10 Å². The maximum absolute atomic E-state index is 12.6. The van der Waals surface area contributed by atoms with E-state index in [1.807, 2.05) is 91.9 Å². The lowest BCUT2D eigenvalue weighted by Gasteiger charge is -2.08. The first-order valence-corrected chi connectivity index (χ1v) is 10.6. The Hall–Kier alpha value is -4.51. The van der Waals surface area contributed by atoms with Crippen LogP contribution in [0.25, 0.3) is 11.1 Å². The van der Waals surface area contributed by atoms with Gasteiger partial charge in [-0.3, -0.25) is 9.59 Å². The molecule has 2 N–H and O–H groups in total. The fourth-order valence-electron chi connectivity index (χ4n) is 3.30. The fraction of sp³-hybridized carbons (Fsp3) is 0.0357. The van der Waals surface area contributed by atoms with E-state index < -0.39 is 0 Å². The molecule has 33 heavy (non-hydrogen) atoms. The molecule has 0 spiro atoms. The van der Waals surface area contributed by atoms with Gasteiger partial charge in [-0.25, -0.2) is 5.43 Å². The van der Waals surface area contributed by atoms with E-state index in [2.05, 4.69) is 15.8 Å². The maximum atomic E-state index is 12.6. The van der Waals surface area contributed by atoms with Gasteiger partial charge in [0.15, 0.2) is 0 Å². The van der Waals surface area contributed by atoms with Crippen molar-refractivity contribution >= 4 is 23.2 Å². The third kappa shape index (κ3) is 5.60. The molecule has 0 aliphatic carbocycles. The minimum atomic E-state index is -0.267. The van der Waals surface area contributed by atoms with Gasteiger partial charge in [-0.2, -0.15) is 5.10 Å². The Balaban J connectivity index is 1.37. The third-order valence-electron chi connectivity index (χ3n) is 5.18. The molecular weight excluding hydrogens is 410 g/mol. The fourth-order valence-corrected chi connectivity index (χ4v) is 3.30. The number of hydrazone groups is 1. The van der Waals surface area contributed by atoms with Gasteiger partial charge >= 0.3 is 0 Å². The van der Waals surface area contributed by atoms with E-state index in [9.17, 15) is 9.59 Å². The van der Waals surface area contributed by atoms with Crippen LogP contribution in [0.1, 0.15) is 33.2 Å². The number of rotatable bonds is 6. The van der Waals surface area contributed by atoms with E-state index in [1.54, 1.807) is 24.3 Å². The average Bonchev–Trinajstić information content (AvgIpc) is 2.88. The highest BCUT2D eigenvalue weighted by molar-refractivity contribution is 6.05. The van der Waals surface area contributed by atoms with Crippen LogP contribution in [0, 0.1) is 0 Å². The first-order valence-electron chi connectivity index (χ1n) is 10.6. The quantitative estimate of drug-likeness (QED) is 0.300. The van der Waals surface area contributed by atoms with Gasteiger partial charge in [0.1, 0.15) is 0 Å². The Kier molecular flexibility index (Phi) is 6.71. The number of hydrogen-bond acceptors (Lipinski definition) is 3. The summed E-state index contributed by atoms with van der Waals surface area (Å²) < 4.78 is 0. The Morgan fingerprint density at radius 1 is 0.576 bits per heavy atom. The zero-order valence-electron chi connectivity index (χ0n) is 18.2. The molecule has 0 aliphatic heterocycles. The zero-order chi connectivity index (χ0) is 23.0. The summed E-state index contributed by atoms with van der Waals surface area (Å²) in [4.78, 5) is 24.7. The molecule has 4 rings (SSSR count). The number of nitrogens with zero attached hydrogens (tertiary/aromatic N) is 1. The Morgan fingerprint density at radius 3 is 1.73 bits per heavy atom. The summed E-state index contributed by atoms with van der Waals surface area (Å²) in [7, 11) is 0. The molecule has 0 heterocycles. The predicted molar refractivity (Wildman–Crippen MR) is 132 cm³/mol. The number of anilines is 1. The van der Waals surface area contributed by atoms with Gasteiger partial charge in [-0.05, 0) is 60.0 Å². The van der Waals surface area contributed by atoms with E-state index in [1.165, 1.54) is 0 Å². The van der Waals surface area contributed by atoms with Crippen LogP contribution in [-0.2, 0) is 0 Å². The smallest absolute Gasteiger partial charge is 0.271 e. The van der Waals surface area contributed by atoms with Crippen LogP contribution < -0.4 is 10.7 Å². The molecule has 5 nitrogen and oxygen atoms in total. The largest absolute Gasteiger partial charge is 0.322 e. The van der Waals surface area contributed by atoms with E-state index in [0.29, 0.717) is 22.5 Å². The number of carbonyl (C=O) groups is 2. The SMILES string of the molecule is C/C(=N/NC(=O)c1ccccc1)c1ccc(NC(=O)c2ccc(-c3ccccc3)cc2)cc1. The van der Waals surface area contributed by atoms with Crippen LogP contribution in [0.4, 0.5) is 5.69 Å². The topological polar surface area (TPSA) is 70.6 Å². The number of amides is 2. The highest BCUT2D eigenvalue weighted by Gasteiger charge is 2.08. The van der Waals surface area contributed by atoms with Crippen LogP contribution in [0.3, 0.4) is 0 Å². The highest BCUT2D eigenvalue weighted by atomic mass is 16.2. The molecule has 5 heteroatoms. The standard InChI is InChI=1S/C28H23N3O2/c1-20(30-31-28(33)24-10-6-3-7-11-24)21-16-18-26(19-17-21)29-27(32)25-14-12-23(13-15-25)22-8-4-2-5-9-22/h2-19H,1H3,(H,29,32)(H,31,33)/b30-20-. The number of nitrogens with one attached hydrogen (secondary N) is 2. The van der Waals surface area contributed by atoms with Crippen molar-refractivity contribution in [2.75, 3.05) is 5.32 Å². The molecular formula is C28H23N3O2. The summed E-state index contributed by atoms with van der Waals surface area (Å²) in [6, 6.07) is 33.8. The lowest BCUT2D eigenvalue weighted by Crippen LogP contribution is -2.19. The van der Waals surface area contributed by atoms with Crippen LogP contribution >= 0.6 is 0 Å². The Bertz CT molecular complexity index is 1260. The van der Waals surface area contributed by atoms with Crippen LogP contribution in [0.2, 0.25) is 0 Å². The van der Waals surface area contributed by atoms with Gasteiger partial charge < -0.3 is 5.32 Å². The number of hydrogen-bond donors (Lipinski definition) is 2. The predicted octanol–water partition coefficient (Wildman–Crippen LogP) is 5.76. The third-order valence-corrected chi connectivity index (χ3v) is 5.18. The minimum Gasteiger partial charge on any atom is -0.322 e. The second kappa shape index (κ2) is 10.2. The van der Waals surface area contributed by atoms with Gasteiger partial charge in [0.25, 0.3) is 11.8 Å². The average molecular weight is 434 g/mol. The summed E-state index contributed by atoms with van der Waals surface area (Å²) in [5.74, 6) is -0.444. The van der Waals surface area contributed by atoms with Gasteiger partial charge in [-0.15, -0.1) is 0 Å². The zero-order valence-corrected chi connectivity index (χ0v) is 18.2. The molecule has 0 saturated carbocycles. The minimum absolute atomic E-state index is 0.178. The highest BCUT2D eigenvalue weighted by Crippen LogP contribution is 2.20. The van der Waals surface area contributed by atoms with Crippen LogP contribution in [0.15, 0.2) is 114 Å². The van der Waals surface area contributed by atoms with Gasteiger partial charge in [0.2, 0.25) is 0 Å². The molecule has 0 bridgehead atoms. The normalized spacial score (nSPS) is 11.0. The summed E-state index contributed by atoms with van der Waals surface area (Å²) >= 11 is 0. The molecule has 0 aromatic heterocycles. The number of carbonyl (C=O) groups excluding carboxylic acids is 2. The second-order valence-electron chi connectivity index (χ2n) is 7.48. The van der Waals surface area contributed by atoms with Crippen molar-refractivity contribution in [3.8, 4) is 11.1 Å². The summed E-state index contributed by atoms with van der Waals surface area (Å²) in [5, 5.41) is 7.08. The van der Waals surface area contributed by atoms with Crippen molar-refractivity contribution in [1.82, 2.24) is 5.43 Å². The summed E-state index contributed by atoms with van der Waals surface area (Å²) in [6.07, 6.45) is 0. The summed E-state index contributed by atoms with van der Waals surface area (Å²) in [5.41, 5.74) is 8.04. The lowest BCUT2D eigenvalue weighted by atomic mass is 10.0. The molecule has 0 unspecified atom stereocenters. The first-order chi connectivity index (χ1) is 16.1. The van der Waals surface area contributed by atoms with E-state index >= 15 is 0 Å². The molecule has 162 valence electrons. The Morgan fingerprint density at radius 2 is 1.09 bits per heavy atom. The van der Waals surface area contributed by atoms with Crippen molar-refractivity contribution < 1.29 is 9.59 Å². The van der Waals surface area contributed by atoms with Gasteiger partial charge in [-0.1, -0.05) is 72.8 Å². The van der Waals surface area contributed by atoms with E-state index in [4.69, 9.17) is 0 Å². The van der Waals surface area contributed by atoms with Crippen molar-refractivity contribution in [3.05, 3.63) is 126 Å². The first kappa shape index (κ1) is 21.7. The number of benzene rings is 4. The molecule has 0 fully saturated rings. The van der Waals surface area contributed by atoms with E-state index in [0.717, 1.165) is 16.7 Å². The molecule has 0 aliphatic rings. The monoisotopic (exact) mass is 433 g/mol. The van der Waals surface area contributed by atoms with Crippen molar-refractivity contribution in [3.63, 3.8) is 0 Å². The second-order valence-corrected chi connectivity index (χ2v) is 7.48. The maximum Gasteiger partial charge on any atom is 0.271 e. The van der Waals surface area contributed by atoms with E-state index in [-0.39, 0.29) is 11.8 Å². The van der Waals surface area contributed by atoms with Gasteiger partial charge in [0.05, 0.1) is 5.71 Å². The van der Waals surface area contributed by atoms with Crippen LogP contribution in [-0.4, -0.2) is 17.5 Å². The van der Waals surface area contributed by atoms with Gasteiger partial charge in [0, 0.05) is 16.8 Å². The molecule has 0 saturated heterocycles. The van der Waals surface area contributed by atoms with Crippen LogP contribution in [0.5, 0.6) is 0 Å². The molecule has 4 aromatic carbocycles. The van der Waals surface area contributed by atoms with Crippen molar-refractivity contribution in [2.45, 2.75) is 6.92 Å². The van der Waals surface area contributed by atoms with Crippen molar-refractivity contribution in [1.29, 1.82) is 0 Å². The molecule has 0 atom stereocenters. The molecule has 0 radical (unpaired) electrons. The lowest BCUT2D eigenvalue weighted by molar-refractivity contribution is 0.0954. The molecule has 4 aromatic rings.